The van der Waals surface area contributed by atoms with Gasteiger partial charge in [-0.05, 0) is 0 Å². The summed E-state index contributed by atoms with van der Waals surface area (Å²) in [5.74, 6) is -2.14. The number of rotatable bonds is 6. The molecule has 6 nitrogen and oxygen atoms in total. The lowest BCUT2D eigenvalue weighted by atomic mass is 10.3. The minimum Gasteiger partial charge on any atom is -0.477 e. The van der Waals surface area contributed by atoms with Crippen LogP contribution < -0.4 is 0 Å². The molecule has 0 aromatic carbocycles. The van der Waals surface area contributed by atoms with E-state index in [1.54, 1.807) is 0 Å². The second-order valence-electron chi connectivity index (χ2n) is 3.17. The second-order valence-corrected chi connectivity index (χ2v) is 3.17. The second kappa shape index (κ2) is 4.78. The van der Waals surface area contributed by atoms with Gasteiger partial charge < -0.3 is 19.8 Å². The third-order valence-electron chi connectivity index (χ3n) is 1.67. The molecule has 0 rings (SSSR count). The van der Waals surface area contributed by atoms with Crippen molar-refractivity contribution in [3.63, 3.8) is 0 Å². The largest absolute Gasteiger partial charge is 0.477 e. The summed E-state index contributed by atoms with van der Waals surface area (Å²) in [7, 11) is 1.48. The lowest BCUT2D eigenvalue weighted by Gasteiger charge is -2.30. The van der Waals surface area contributed by atoms with Crippen LogP contribution in [0.15, 0.2) is 0 Å². The number of aliphatic hydroxyl groups excluding tert-OH is 1. The van der Waals surface area contributed by atoms with Gasteiger partial charge in [0.1, 0.15) is 6.54 Å². The molecule has 0 spiro atoms. The highest BCUT2D eigenvalue weighted by Gasteiger charge is 2.27. The van der Waals surface area contributed by atoms with Crippen molar-refractivity contribution in [3.05, 3.63) is 0 Å². The Bertz CT molecular complexity index is 187. The number of likely N-dealkylation sites (N-methyl/N-ethyl adjacent to an activating group) is 1. The van der Waals surface area contributed by atoms with Crippen LogP contribution in [0, 0.1) is 0 Å². The van der Waals surface area contributed by atoms with E-state index in [2.05, 4.69) is 0 Å². The van der Waals surface area contributed by atoms with E-state index < -0.39 is 11.9 Å². The van der Waals surface area contributed by atoms with E-state index in [9.17, 15) is 9.59 Å². The highest BCUT2D eigenvalue weighted by molar-refractivity contribution is 5.70. The lowest BCUT2D eigenvalue weighted by Crippen LogP contribution is -2.52. The Morgan fingerprint density at radius 2 is 1.54 bits per heavy atom. The molecule has 0 radical (unpaired) electrons. The number of aliphatic hydroxyl groups is 1. The Morgan fingerprint density at radius 1 is 1.15 bits per heavy atom. The topological polar surface area (TPSA) is 94.8 Å². The number of aliphatic carboxylic acids is 2. The van der Waals surface area contributed by atoms with E-state index >= 15 is 0 Å². The van der Waals surface area contributed by atoms with Crippen molar-refractivity contribution in [2.75, 3.05) is 33.3 Å². The molecule has 13 heavy (non-hydrogen) atoms. The van der Waals surface area contributed by atoms with Crippen LogP contribution in [-0.2, 0) is 9.59 Å². The predicted octanol–water partition coefficient (Wildman–Crippen LogP) is -1.41. The summed E-state index contributed by atoms with van der Waals surface area (Å²) in [5.41, 5.74) is 0. The van der Waals surface area contributed by atoms with Gasteiger partial charge in [0.15, 0.2) is 13.1 Å². The molecule has 0 aliphatic carbocycles. The van der Waals surface area contributed by atoms with Crippen LogP contribution in [0.1, 0.15) is 0 Å². The van der Waals surface area contributed by atoms with E-state index in [1.807, 2.05) is 0 Å². The third kappa shape index (κ3) is 5.15. The summed E-state index contributed by atoms with van der Waals surface area (Å²) in [6.45, 7) is -0.699. The monoisotopic (exact) mass is 192 g/mol. The summed E-state index contributed by atoms with van der Waals surface area (Å²) in [4.78, 5) is 20.8. The molecule has 3 N–H and O–H groups in total. The molecular weight excluding hydrogens is 178 g/mol. The quantitative estimate of drug-likeness (QED) is 0.450. The molecule has 6 heteroatoms. The maximum absolute atomic E-state index is 10.4. The molecule has 0 amide bonds. The minimum atomic E-state index is -1.07. The molecule has 0 fully saturated rings. The van der Waals surface area contributed by atoms with Gasteiger partial charge in [-0.1, -0.05) is 0 Å². The number of carboxylic acid groups (broad SMARTS) is 2. The van der Waals surface area contributed by atoms with E-state index in [-0.39, 0.29) is 30.7 Å². The van der Waals surface area contributed by atoms with Gasteiger partial charge in [0.2, 0.25) is 0 Å². The standard InChI is InChI=1S/C7H13NO5/c1-8(2-3-9,4-6(10)11)5-7(12)13/h9H,2-5H2,1H3,(H-,10,11,12,13)/p+1. The molecule has 76 valence electrons. The molecule has 0 saturated heterocycles. The summed E-state index contributed by atoms with van der Waals surface area (Å²) < 4.78 is -0.193. The highest BCUT2D eigenvalue weighted by atomic mass is 16.4. The number of carbonyl (C=O) groups is 2. The van der Waals surface area contributed by atoms with Crippen molar-refractivity contribution in [2.45, 2.75) is 0 Å². The summed E-state index contributed by atoms with van der Waals surface area (Å²) in [6.07, 6.45) is 0. The average molecular weight is 192 g/mol. The van der Waals surface area contributed by atoms with Crippen LogP contribution in [-0.4, -0.2) is 65.0 Å². The van der Waals surface area contributed by atoms with Gasteiger partial charge >= 0.3 is 11.9 Å². The first-order valence-electron chi connectivity index (χ1n) is 3.77. The maximum Gasteiger partial charge on any atom is 0.359 e. The zero-order chi connectivity index (χ0) is 10.5. The molecule has 0 aliphatic heterocycles. The van der Waals surface area contributed by atoms with Gasteiger partial charge in [-0.25, -0.2) is 9.59 Å². The number of hydrogen-bond donors (Lipinski definition) is 3. The summed E-state index contributed by atoms with van der Waals surface area (Å²) in [6, 6.07) is 0. The van der Waals surface area contributed by atoms with E-state index in [0.29, 0.717) is 0 Å². The first-order valence-corrected chi connectivity index (χ1v) is 3.77. The van der Waals surface area contributed by atoms with E-state index in [4.69, 9.17) is 15.3 Å². The fourth-order valence-electron chi connectivity index (χ4n) is 1.11. The van der Waals surface area contributed by atoms with E-state index in [0.717, 1.165) is 0 Å². The third-order valence-corrected chi connectivity index (χ3v) is 1.67. The van der Waals surface area contributed by atoms with Crippen molar-refractivity contribution in [3.8, 4) is 0 Å². The van der Waals surface area contributed by atoms with Gasteiger partial charge in [-0.3, -0.25) is 0 Å². The molecule has 0 unspecified atom stereocenters. The molecular formula is C7H14NO5+. The van der Waals surface area contributed by atoms with Gasteiger partial charge in [-0.15, -0.1) is 0 Å². The van der Waals surface area contributed by atoms with Gasteiger partial charge in [-0.2, -0.15) is 0 Å². The van der Waals surface area contributed by atoms with Crippen molar-refractivity contribution in [1.82, 2.24) is 0 Å². The van der Waals surface area contributed by atoms with E-state index in [1.165, 1.54) is 7.05 Å². The maximum atomic E-state index is 10.4. The van der Waals surface area contributed by atoms with Crippen LogP contribution in [0.2, 0.25) is 0 Å². The number of quaternary nitrogens is 1. The Labute approximate surface area is 75.6 Å². The van der Waals surface area contributed by atoms with Crippen LogP contribution in [0.4, 0.5) is 0 Å². The molecule has 0 heterocycles. The highest BCUT2D eigenvalue weighted by Crippen LogP contribution is 2.00. The Balaban J connectivity index is 4.32. The minimum absolute atomic E-state index is 0.124. The summed E-state index contributed by atoms with van der Waals surface area (Å²) >= 11 is 0. The Morgan fingerprint density at radius 3 is 1.77 bits per heavy atom. The van der Waals surface area contributed by atoms with Gasteiger partial charge in [0, 0.05) is 0 Å². The number of hydrogen-bond acceptors (Lipinski definition) is 3. The Hall–Kier alpha value is -1.14. The molecule has 0 aliphatic rings. The first-order chi connectivity index (χ1) is 5.89. The summed E-state index contributed by atoms with van der Waals surface area (Å²) in [5, 5.41) is 25.6. The predicted molar refractivity (Wildman–Crippen MR) is 43.1 cm³/mol. The fraction of sp³-hybridized carbons (Fsp3) is 0.714. The number of nitrogens with zero attached hydrogens (tertiary/aromatic N) is 1. The zero-order valence-electron chi connectivity index (χ0n) is 7.43. The van der Waals surface area contributed by atoms with Crippen molar-refractivity contribution < 1.29 is 29.4 Å². The molecule has 0 saturated carbocycles. The molecule has 0 aromatic rings. The van der Waals surface area contributed by atoms with Crippen LogP contribution in [0.25, 0.3) is 0 Å². The van der Waals surface area contributed by atoms with Crippen molar-refractivity contribution in [1.29, 1.82) is 0 Å². The van der Waals surface area contributed by atoms with Crippen LogP contribution in [0.3, 0.4) is 0 Å². The van der Waals surface area contributed by atoms with Crippen LogP contribution in [0.5, 0.6) is 0 Å². The molecule has 0 atom stereocenters. The average Bonchev–Trinajstić information content (AvgIpc) is 1.81. The number of carboxylic acids is 2. The SMILES string of the molecule is C[N+](CCO)(CC(=O)O)CC(=O)O. The Kier molecular flexibility index (Phi) is 4.36. The van der Waals surface area contributed by atoms with Gasteiger partial charge in [0.05, 0.1) is 13.7 Å². The fourth-order valence-corrected chi connectivity index (χ4v) is 1.11. The normalized spacial score (nSPS) is 11.2. The molecule has 0 bridgehead atoms. The molecule has 0 aromatic heterocycles. The van der Waals surface area contributed by atoms with Gasteiger partial charge in [0.25, 0.3) is 0 Å². The lowest BCUT2D eigenvalue weighted by molar-refractivity contribution is -0.895. The smallest absolute Gasteiger partial charge is 0.359 e. The van der Waals surface area contributed by atoms with Crippen molar-refractivity contribution in [2.24, 2.45) is 0 Å². The van der Waals surface area contributed by atoms with Crippen LogP contribution >= 0.6 is 0 Å². The first kappa shape index (κ1) is 11.9. The zero-order valence-corrected chi connectivity index (χ0v) is 7.43. The van der Waals surface area contributed by atoms with Crippen molar-refractivity contribution >= 4 is 11.9 Å².